The van der Waals surface area contributed by atoms with Crippen LogP contribution in [0.4, 0.5) is 0 Å². The molecule has 1 fully saturated rings. The Bertz CT molecular complexity index is 444. The smallest absolute Gasteiger partial charge is 0.169 e. The quantitative estimate of drug-likeness (QED) is 0.721. The second kappa shape index (κ2) is 3.34. The molecule has 0 N–H and O–H groups in total. The van der Waals surface area contributed by atoms with Crippen molar-refractivity contribution in [1.29, 1.82) is 0 Å². The van der Waals surface area contributed by atoms with E-state index in [1.165, 1.54) is 12.0 Å². The van der Waals surface area contributed by atoms with E-state index in [0.717, 1.165) is 37.0 Å². The van der Waals surface area contributed by atoms with Crippen molar-refractivity contribution in [3.8, 4) is 5.75 Å². The fraction of sp³-hybridized carbons (Fsp3) is 0.500. The monoisotopic (exact) mass is 216 g/mol. The Morgan fingerprint density at radius 1 is 1.25 bits per heavy atom. The molecule has 1 aromatic carbocycles. The lowest BCUT2D eigenvalue weighted by atomic mass is 9.59. The van der Waals surface area contributed by atoms with Gasteiger partial charge in [-0.1, -0.05) is 6.42 Å². The van der Waals surface area contributed by atoms with Crippen LogP contribution in [0.15, 0.2) is 18.2 Å². The van der Waals surface area contributed by atoms with Gasteiger partial charge in [0, 0.05) is 11.0 Å². The Kier molecular flexibility index (Phi) is 2.06. The molecular weight excluding hydrogens is 200 g/mol. The first kappa shape index (κ1) is 9.88. The second-order valence-corrected chi connectivity index (χ2v) is 4.99. The molecule has 2 aliphatic carbocycles. The molecule has 0 unspecified atom stereocenters. The molecule has 0 radical (unpaired) electrons. The molecule has 2 nitrogen and oxygen atoms in total. The molecule has 0 bridgehead atoms. The van der Waals surface area contributed by atoms with Crippen molar-refractivity contribution in [1.82, 2.24) is 0 Å². The minimum absolute atomic E-state index is 0.0155. The van der Waals surface area contributed by atoms with Crippen LogP contribution in [0.5, 0.6) is 5.75 Å². The number of carbonyl (C=O) groups is 1. The van der Waals surface area contributed by atoms with Crippen LogP contribution in [-0.4, -0.2) is 12.9 Å². The predicted octanol–water partition coefficient (Wildman–Crippen LogP) is 2.99. The third-order valence-electron chi connectivity index (χ3n) is 4.22. The molecular formula is C14H16O2. The number of benzene rings is 1. The first-order valence-electron chi connectivity index (χ1n) is 5.97. The topological polar surface area (TPSA) is 26.3 Å². The summed E-state index contributed by atoms with van der Waals surface area (Å²) in [6.45, 7) is 0. The number of aryl methyl sites for hydroxylation is 1. The summed E-state index contributed by atoms with van der Waals surface area (Å²) in [5.74, 6) is 1.23. The molecule has 0 amide bonds. The van der Waals surface area contributed by atoms with E-state index < -0.39 is 0 Å². The molecule has 2 aliphatic rings. The molecule has 1 spiro atoms. The van der Waals surface area contributed by atoms with Gasteiger partial charge in [0.05, 0.1) is 7.11 Å². The molecule has 1 aromatic rings. The standard InChI is InChI=1S/C14H16O2/c1-16-11-3-4-12-10(9-11)5-8-14(13(12)15)6-2-7-14/h3-4,9H,2,5-8H2,1H3. The Balaban J connectivity index is 2.01. The SMILES string of the molecule is COc1ccc2c(c1)CCC1(CCC1)C2=O. The molecule has 1 saturated carbocycles. The van der Waals surface area contributed by atoms with Gasteiger partial charge in [0.15, 0.2) is 5.78 Å². The number of ether oxygens (including phenoxy) is 1. The number of methoxy groups -OCH3 is 1. The van der Waals surface area contributed by atoms with Crippen LogP contribution < -0.4 is 4.74 Å². The van der Waals surface area contributed by atoms with Crippen molar-refractivity contribution in [2.75, 3.05) is 7.11 Å². The van der Waals surface area contributed by atoms with E-state index in [-0.39, 0.29) is 5.41 Å². The summed E-state index contributed by atoms with van der Waals surface area (Å²) in [6.07, 6.45) is 5.47. The van der Waals surface area contributed by atoms with Crippen molar-refractivity contribution in [3.05, 3.63) is 29.3 Å². The molecule has 0 aromatic heterocycles. The van der Waals surface area contributed by atoms with Crippen molar-refractivity contribution >= 4 is 5.78 Å². The lowest BCUT2D eigenvalue weighted by Crippen LogP contribution is -2.41. The molecule has 0 heterocycles. The molecule has 0 aliphatic heterocycles. The van der Waals surface area contributed by atoms with Crippen molar-refractivity contribution in [2.45, 2.75) is 32.1 Å². The lowest BCUT2D eigenvalue weighted by molar-refractivity contribution is 0.0555. The maximum absolute atomic E-state index is 12.4. The highest BCUT2D eigenvalue weighted by molar-refractivity contribution is 6.03. The number of hydrogen-bond donors (Lipinski definition) is 0. The first-order chi connectivity index (χ1) is 7.75. The molecule has 0 saturated heterocycles. The van der Waals surface area contributed by atoms with E-state index in [9.17, 15) is 4.79 Å². The van der Waals surface area contributed by atoms with E-state index in [4.69, 9.17) is 4.74 Å². The minimum atomic E-state index is 0.0155. The van der Waals surface area contributed by atoms with Crippen LogP contribution in [0.25, 0.3) is 0 Å². The van der Waals surface area contributed by atoms with Crippen molar-refractivity contribution in [2.24, 2.45) is 5.41 Å². The normalized spacial score (nSPS) is 21.4. The fourth-order valence-corrected chi connectivity index (χ4v) is 2.98. The third kappa shape index (κ3) is 1.22. The van der Waals surface area contributed by atoms with Crippen molar-refractivity contribution in [3.63, 3.8) is 0 Å². The van der Waals surface area contributed by atoms with Crippen LogP contribution in [0.2, 0.25) is 0 Å². The molecule has 0 atom stereocenters. The number of carbonyl (C=O) groups excluding carboxylic acids is 1. The highest BCUT2D eigenvalue weighted by Crippen LogP contribution is 2.50. The van der Waals surface area contributed by atoms with E-state index >= 15 is 0 Å². The minimum Gasteiger partial charge on any atom is -0.497 e. The van der Waals surface area contributed by atoms with Gasteiger partial charge in [-0.2, -0.15) is 0 Å². The van der Waals surface area contributed by atoms with Crippen LogP contribution in [0, 0.1) is 5.41 Å². The molecule has 16 heavy (non-hydrogen) atoms. The number of rotatable bonds is 1. The Morgan fingerprint density at radius 3 is 2.69 bits per heavy atom. The summed E-state index contributed by atoms with van der Waals surface area (Å²) in [5.41, 5.74) is 2.12. The predicted molar refractivity (Wildman–Crippen MR) is 61.9 cm³/mol. The zero-order valence-electron chi connectivity index (χ0n) is 9.58. The highest BCUT2D eigenvalue weighted by Gasteiger charge is 2.46. The van der Waals surface area contributed by atoms with E-state index in [0.29, 0.717) is 5.78 Å². The zero-order chi connectivity index (χ0) is 11.2. The van der Waals surface area contributed by atoms with Gasteiger partial charge < -0.3 is 4.74 Å². The Morgan fingerprint density at radius 2 is 2.06 bits per heavy atom. The van der Waals surface area contributed by atoms with Crippen LogP contribution in [0.1, 0.15) is 41.6 Å². The number of fused-ring (bicyclic) bond motifs is 1. The number of hydrogen-bond acceptors (Lipinski definition) is 2. The maximum Gasteiger partial charge on any atom is 0.169 e. The van der Waals surface area contributed by atoms with E-state index in [2.05, 4.69) is 0 Å². The van der Waals surface area contributed by atoms with E-state index in [1.807, 2.05) is 18.2 Å². The summed E-state index contributed by atoms with van der Waals surface area (Å²) >= 11 is 0. The van der Waals surface area contributed by atoms with E-state index in [1.54, 1.807) is 7.11 Å². The lowest BCUT2D eigenvalue weighted by Gasteiger charge is -2.43. The average Bonchev–Trinajstić information content (AvgIpc) is 2.27. The summed E-state index contributed by atoms with van der Waals surface area (Å²) < 4.78 is 5.20. The summed E-state index contributed by atoms with van der Waals surface area (Å²) in [7, 11) is 1.67. The maximum atomic E-state index is 12.4. The van der Waals surface area contributed by atoms with Gasteiger partial charge in [-0.25, -0.2) is 0 Å². The van der Waals surface area contributed by atoms with Crippen LogP contribution >= 0.6 is 0 Å². The molecule has 84 valence electrons. The van der Waals surface area contributed by atoms with Gasteiger partial charge in [0.2, 0.25) is 0 Å². The van der Waals surface area contributed by atoms with Gasteiger partial charge >= 0.3 is 0 Å². The third-order valence-corrected chi connectivity index (χ3v) is 4.22. The molecule has 3 rings (SSSR count). The average molecular weight is 216 g/mol. The summed E-state index contributed by atoms with van der Waals surface area (Å²) in [5, 5.41) is 0. The zero-order valence-corrected chi connectivity index (χ0v) is 9.58. The van der Waals surface area contributed by atoms with Gasteiger partial charge in [0.1, 0.15) is 5.75 Å². The number of ketones is 1. The largest absolute Gasteiger partial charge is 0.497 e. The van der Waals surface area contributed by atoms with Gasteiger partial charge in [-0.15, -0.1) is 0 Å². The first-order valence-corrected chi connectivity index (χ1v) is 5.97. The second-order valence-electron chi connectivity index (χ2n) is 4.99. The fourth-order valence-electron chi connectivity index (χ4n) is 2.98. The Labute approximate surface area is 95.6 Å². The number of Topliss-reactive ketones (excluding diaryl/α,β-unsaturated/α-hetero) is 1. The molecule has 2 heteroatoms. The van der Waals surface area contributed by atoms with Crippen LogP contribution in [0.3, 0.4) is 0 Å². The Hall–Kier alpha value is -1.31. The summed E-state index contributed by atoms with van der Waals surface area (Å²) in [4.78, 5) is 12.4. The van der Waals surface area contributed by atoms with Gasteiger partial charge in [-0.3, -0.25) is 4.79 Å². The van der Waals surface area contributed by atoms with Crippen molar-refractivity contribution < 1.29 is 9.53 Å². The highest BCUT2D eigenvalue weighted by atomic mass is 16.5. The van der Waals surface area contributed by atoms with Crippen LogP contribution in [-0.2, 0) is 6.42 Å². The summed E-state index contributed by atoms with van der Waals surface area (Å²) in [6, 6.07) is 5.85. The van der Waals surface area contributed by atoms with Gasteiger partial charge in [0.25, 0.3) is 0 Å². The van der Waals surface area contributed by atoms with Gasteiger partial charge in [-0.05, 0) is 49.4 Å².